The Balaban J connectivity index is 1.70. The van der Waals surface area contributed by atoms with Crippen molar-refractivity contribution in [3.8, 4) is 0 Å². The normalized spacial score (nSPS) is 11.8. The van der Waals surface area contributed by atoms with Gasteiger partial charge in [0.1, 0.15) is 11.6 Å². The summed E-state index contributed by atoms with van der Waals surface area (Å²) in [4.78, 5) is 17.8. The van der Waals surface area contributed by atoms with Gasteiger partial charge in [-0.25, -0.2) is 13.8 Å². The Bertz CT molecular complexity index is 1110. The third-order valence-electron chi connectivity index (χ3n) is 5.23. The average molecular weight is 423 g/mol. The first kappa shape index (κ1) is 20.2. The third-order valence-corrected chi connectivity index (χ3v) is 6.18. The highest BCUT2D eigenvalue weighted by atomic mass is 32.1. The van der Waals surface area contributed by atoms with Gasteiger partial charge in [0.15, 0.2) is 5.13 Å². The second-order valence-corrected chi connectivity index (χ2v) is 8.73. The molecule has 1 heterocycles. The summed E-state index contributed by atoms with van der Waals surface area (Å²) >= 11 is 1.41. The Morgan fingerprint density at radius 1 is 0.900 bits per heavy atom. The van der Waals surface area contributed by atoms with Crippen LogP contribution in [-0.4, -0.2) is 10.9 Å². The number of anilines is 1. The summed E-state index contributed by atoms with van der Waals surface area (Å²) in [6.07, 6.45) is 0. The smallest absolute Gasteiger partial charge is 0.232 e. The molecule has 3 nitrogen and oxygen atoms in total. The number of aromatic nitrogens is 1. The SMILES string of the molecule is CC(C)(C(=O)Nc1nc2ccccc2s1)C(c1ccc(F)cc1)c1ccc(F)cc1. The molecule has 4 rings (SSSR count). The van der Waals surface area contributed by atoms with Gasteiger partial charge in [-0.15, -0.1) is 0 Å². The van der Waals surface area contributed by atoms with Crippen molar-refractivity contribution in [2.24, 2.45) is 5.41 Å². The average Bonchev–Trinajstić information content (AvgIpc) is 3.13. The van der Waals surface area contributed by atoms with E-state index in [0.29, 0.717) is 5.13 Å². The van der Waals surface area contributed by atoms with Crippen molar-refractivity contribution in [2.45, 2.75) is 19.8 Å². The van der Waals surface area contributed by atoms with Crippen molar-refractivity contribution >= 4 is 32.6 Å². The van der Waals surface area contributed by atoms with Gasteiger partial charge >= 0.3 is 0 Å². The van der Waals surface area contributed by atoms with Gasteiger partial charge in [0.05, 0.1) is 15.6 Å². The lowest BCUT2D eigenvalue weighted by Gasteiger charge is -2.33. The molecule has 30 heavy (non-hydrogen) atoms. The van der Waals surface area contributed by atoms with Crippen molar-refractivity contribution in [1.82, 2.24) is 4.98 Å². The summed E-state index contributed by atoms with van der Waals surface area (Å²) in [7, 11) is 0. The summed E-state index contributed by atoms with van der Waals surface area (Å²) in [5.41, 5.74) is 1.44. The number of nitrogens with one attached hydrogen (secondary N) is 1. The number of carbonyl (C=O) groups is 1. The van der Waals surface area contributed by atoms with Crippen LogP contribution in [0.15, 0.2) is 72.8 Å². The molecule has 6 heteroatoms. The van der Waals surface area contributed by atoms with Crippen LogP contribution in [0.5, 0.6) is 0 Å². The Labute approximate surface area is 177 Å². The maximum atomic E-state index is 13.5. The summed E-state index contributed by atoms with van der Waals surface area (Å²) in [5.74, 6) is -1.34. The van der Waals surface area contributed by atoms with E-state index in [9.17, 15) is 13.6 Å². The van der Waals surface area contributed by atoms with E-state index in [1.807, 2.05) is 38.1 Å². The Morgan fingerprint density at radius 2 is 1.43 bits per heavy atom. The summed E-state index contributed by atoms with van der Waals surface area (Å²) in [6.45, 7) is 3.65. The lowest BCUT2D eigenvalue weighted by molar-refractivity contribution is -0.124. The van der Waals surface area contributed by atoms with Crippen molar-refractivity contribution < 1.29 is 13.6 Å². The van der Waals surface area contributed by atoms with E-state index in [1.165, 1.54) is 35.6 Å². The largest absolute Gasteiger partial charge is 0.301 e. The van der Waals surface area contributed by atoms with Crippen molar-refractivity contribution in [3.63, 3.8) is 0 Å². The molecule has 3 aromatic carbocycles. The molecule has 1 N–H and O–H groups in total. The Morgan fingerprint density at radius 3 is 1.97 bits per heavy atom. The second-order valence-electron chi connectivity index (χ2n) is 7.70. The van der Waals surface area contributed by atoms with Crippen LogP contribution in [0.2, 0.25) is 0 Å². The standard InChI is InChI=1S/C24H20F2N2OS/c1-24(2,22(29)28-23-27-19-5-3-4-6-20(19)30-23)21(15-7-11-17(25)12-8-15)16-9-13-18(26)14-10-16/h3-14,21H,1-2H3,(H,27,28,29). The van der Waals surface area contributed by atoms with Crippen LogP contribution >= 0.6 is 11.3 Å². The maximum Gasteiger partial charge on any atom is 0.232 e. The molecule has 1 aromatic heterocycles. The molecule has 0 spiro atoms. The number of amides is 1. The first-order chi connectivity index (χ1) is 14.3. The summed E-state index contributed by atoms with van der Waals surface area (Å²) in [5, 5.41) is 3.45. The Kier molecular flexibility index (Phi) is 5.35. The minimum atomic E-state index is -0.923. The minimum Gasteiger partial charge on any atom is -0.301 e. The number of thiazole rings is 1. The van der Waals surface area contributed by atoms with Crippen LogP contribution in [0.25, 0.3) is 10.2 Å². The maximum absolute atomic E-state index is 13.5. The van der Waals surface area contributed by atoms with Gasteiger partial charge in [0.2, 0.25) is 5.91 Å². The number of hydrogen-bond acceptors (Lipinski definition) is 3. The number of carbonyl (C=O) groups excluding carboxylic acids is 1. The Hall–Kier alpha value is -3.12. The zero-order valence-corrected chi connectivity index (χ0v) is 17.3. The van der Waals surface area contributed by atoms with Crippen LogP contribution in [-0.2, 0) is 4.79 Å². The number of rotatable bonds is 5. The molecule has 0 saturated heterocycles. The molecule has 0 atom stereocenters. The molecular formula is C24H20F2N2OS. The highest BCUT2D eigenvalue weighted by Crippen LogP contribution is 2.42. The predicted octanol–water partition coefficient (Wildman–Crippen LogP) is 6.37. The number of fused-ring (bicyclic) bond motifs is 1. The fourth-order valence-corrected chi connectivity index (χ4v) is 4.51. The molecule has 0 aliphatic heterocycles. The van der Waals surface area contributed by atoms with Crippen LogP contribution in [0.1, 0.15) is 30.9 Å². The molecule has 0 fully saturated rings. The molecule has 0 aliphatic rings. The molecule has 0 radical (unpaired) electrons. The van der Waals surface area contributed by atoms with Crippen molar-refractivity contribution in [2.75, 3.05) is 5.32 Å². The number of hydrogen-bond donors (Lipinski definition) is 1. The van der Waals surface area contributed by atoms with Crippen molar-refractivity contribution in [3.05, 3.63) is 95.6 Å². The van der Waals surface area contributed by atoms with Crippen LogP contribution in [0.4, 0.5) is 13.9 Å². The first-order valence-corrected chi connectivity index (χ1v) is 10.3. The van der Waals surface area contributed by atoms with Crippen LogP contribution in [0.3, 0.4) is 0 Å². The van der Waals surface area contributed by atoms with Gasteiger partial charge < -0.3 is 5.32 Å². The van der Waals surface area contributed by atoms with E-state index < -0.39 is 11.3 Å². The van der Waals surface area contributed by atoms with Gasteiger partial charge in [-0.2, -0.15) is 0 Å². The van der Waals surface area contributed by atoms with Gasteiger partial charge in [-0.3, -0.25) is 4.79 Å². The van der Waals surface area contributed by atoms with E-state index in [4.69, 9.17) is 0 Å². The lowest BCUT2D eigenvalue weighted by Crippen LogP contribution is -2.37. The summed E-state index contributed by atoms with van der Waals surface area (Å²) < 4.78 is 28.0. The zero-order valence-electron chi connectivity index (χ0n) is 16.5. The lowest BCUT2D eigenvalue weighted by atomic mass is 9.70. The van der Waals surface area contributed by atoms with Gasteiger partial charge in [-0.1, -0.05) is 61.6 Å². The van der Waals surface area contributed by atoms with Crippen molar-refractivity contribution in [1.29, 1.82) is 0 Å². The number of benzene rings is 3. The van der Waals surface area contributed by atoms with E-state index in [1.54, 1.807) is 24.3 Å². The molecular weight excluding hydrogens is 402 g/mol. The molecule has 0 aliphatic carbocycles. The summed E-state index contributed by atoms with van der Waals surface area (Å²) in [6, 6.07) is 19.8. The van der Waals surface area contributed by atoms with E-state index in [-0.39, 0.29) is 17.5 Å². The molecule has 0 bridgehead atoms. The number of nitrogens with zero attached hydrogens (tertiary/aromatic N) is 1. The molecule has 0 saturated carbocycles. The van der Waals surface area contributed by atoms with E-state index in [0.717, 1.165) is 21.3 Å². The fourth-order valence-electron chi connectivity index (χ4n) is 3.65. The number of halogens is 2. The molecule has 1 amide bonds. The van der Waals surface area contributed by atoms with E-state index in [2.05, 4.69) is 10.3 Å². The topological polar surface area (TPSA) is 42.0 Å². The third kappa shape index (κ3) is 3.96. The minimum absolute atomic E-state index is 0.222. The van der Waals surface area contributed by atoms with E-state index >= 15 is 0 Å². The van der Waals surface area contributed by atoms with Gasteiger partial charge in [0.25, 0.3) is 0 Å². The first-order valence-electron chi connectivity index (χ1n) is 9.52. The quantitative estimate of drug-likeness (QED) is 0.406. The predicted molar refractivity (Wildman–Crippen MR) is 117 cm³/mol. The number of para-hydroxylation sites is 1. The van der Waals surface area contributed by atoms with Crippen LogP contribution < -0.4 is 5.32 Å². The highest BCUT2D eigenvalue weighted by Gasteiger charge is 2.39. The second kappa shape index (κ2) is 7.95. The molecule has 152 valence electrons. The van der Waals surface area contributed by atoms with Crippen LogP contribution in [0, 0.1) is 17.0 Å². The van der Waals surface area contributed by atoms with Gasteiger partial charge in [-0.05, 0) is 47.5 Å². The monoisotopic (exact) mass is 422 g/mol. The molecule has 4 aromatic rings. The molecule has 0 unspecified atom stereocenters. The van der Waals surface area contributed by atoms with Gasteiger partial charge in [0, 0.05) is 5.92 Å². The fraction of sp³-hybridized carbons (Fsp3) is 0.167. The zero-order chi connectivity index (χ0) is 21.3. The highest BCUT2D eigenvalue weighted by molar-refractivity contribution is 7.22.